The summed E-state index contributed by atoms with van der Waals surface area (Å²) in [5.74, 6) is 0.894. The first kappa shape index (κ1) is 33.7. The zero-order valence-electron chi connectivity index (χ0n) is 25.1. The lowest BCUT2D eigenvalue weighted by atomic mass is 10.1. The number of rotatable bonds is 13. The van der Waals surface area contributed by atoms with E-state index in [0.29, 0.717) is 29.6 Å². The van der Waals surface area contributed by atoms with Gasteiger partial charge in [-0.2, -0.15) is 11.8 Å². The number of hydrogen-bond acceptors (Lipinski definition) is 13. The summed E-state index contributed by atoms with van der Waals surface area (Å²) in [6, 6.07) is 21.1. The number of amides is 4. The predicted octanol–water partition coefficient (Wildman–Crippen LogP) is 4.12. The topological polar surface area (TPSA) is 169 Å². The fourth-order valence-electron chi connectivity index (χ4n) is 4.41. The molecule has 47 heavy (non-hydrogen) atoms. The predicted molar refractivity (Wildman–Crippen MR) is 178 cm³/mol. The maximum absolute atomic E-state index is 12.6. The number of thioether (sulfide) groups is 1. The van der Waals surface area contributed by atoms with E-state index in [4.69, 9.17) is 9.47 Å². The molecule has 0 saturated carbocycles. The summed E-state index contributed by atoms with van der Waals surface area (Å²) in [5, 5.41) is 24.0. The van der Waals surface area contributed by atoms with Crippen LogP contribution in [0.3, 0.4) is 0 Å². The monoisotopic (exact) mass is 696 g/mol. The maximum Gasteiger partial charge on any atom is 0.410 e. The molecule has 17 heteroatoms. The number of carbonyl (C=O) groups is 4. The minimum atomic E-state index is -0.524. The molecule has 1 atom stereocenters. The van der Waals surface area contributed by atoms with Crippen molar-refractivity contribution in [2.45, 2.75) is 18.9 Å². The van der Waals surface area contributed by atoms with Crippen LogP contribution in [0.15, 0.2) is 66.7 Å². The van der Waals surface area contributed by atoms with E-state index in [2.05, 4.69) is 31.0 Å². The molecule has 6 rings (SSSR count). The largest absolute Gasteiger partial charge is 0.448 e. The van der Waals surface area contributed by atoms with Crippen LogP contribution >= 0.6 is 34.4 Å². The Bertz CT molecular complexity index is 1600. The van der Waals surface area contributed by atoms with Gasteiger partial charge in [-0.1, -0.05) is 89.4 Å². The fourth-order valence-corrected chi connectivity index (χ4v) is 7.06. The quantitative estimate of drug-likeness (QED) is 0.193. The molecule has 0 spiro atoms. The van der Waals surface area contributed by atoms with Crippen molar-refractivity contribution in [2.24, 2.45) is 0 Å². The van der Waals surface area contributed by atoms with Crippen molar-refractivity contribution in [3.63, 3.8) is 0 Å². The number of anilines is 2. The summed E-state index contributed by atoms with van der Waals surface area (Å²) in [6.45, 7) is 0.656. The third-order valence-electron chi connectivity index (χ3n) is 6.67. The molecule has 4 heterocycles. The molecule has 4 aromatic rings. The average molecular weight is 697 g/mol. The van der Waals surface area contributed by atoms with E-state index in [1.165, 1.54) is 32.5 Å². The van der Waals surface area contributed by atoms with Gasteiger partial charge in [0.1, 0.15) is 36.3 Å². The highest BCUT2D eigenvalue weighted by molar-refractivity contribution is 7.99. The Hall–Kier alpha value is -4.61. The summed E-state index contributed by atoms with van der Waals surface area (Å²) < 4.78 is 9.97. The van der Waals surface area contributed by atoms with Crippen LogP contribution < -0.4 is 10.6 Å². The number of benzene rings is 2. The number of aromatic nitrogens is 4. The summed E-state index contributed by atoms with van der Waals surface area (Å²) in [6.07, 6.45) is 0.358. The molecule has 2 fully saturated rings. The zero-order valence-corrected chi connectivity index (χ0v) is 27.6. The molecule has 246 valence electrons. The number of cyclic esters (lactones) is 2. The third kappa shape index (κ3) is 10.5. The highest BCUT2D eigenvalue weighted by Crippen LogP contribution is 2.27. The van der Waals surface area contributed by atoms with Crippen LogP contribution in [0.2, 0.25) is 0 Å². The van der Waals surface area contributed by atoms with Gasteiger partial charge in [-0.25, -0.2) is 9.59 Å². The van der Waals surface area contributed by atoms with E-state index in [9.17, 15) is 19.2 Å². The first-order valence-corrected chi connectivity index (χ1v) is 17.5. The lowest BCUT2D eigenvalue weighted by molar-refractivity contribution is -0.117. The number of hydrogen-bond donors (Lipinski definition) is 2. The van der Waals surface area contributed by atoms with E-state index in [0.717, 1.165) is 27.1 Å². The number of nitrogens with one attached hydrogen (secondary N) is 2. The van der Waals surface area contributed by atoms with Crippen LogP contribution in [0.1, 0.15) is 21.6 Å². The van der Waals surface area contributed by atoms with Gasteiger partial charge < -0.3 is 9.47 Å². The fraction of sp³-hybridized carbons (Fsp3) is 0.333. The summed E-state index contributed by atoms with van der Waals surface area (Å²) in [7, 11) is 0. The minimum absolute atomic E-state index is 0.0809. The van der Waals surface area contributed by atoms with E-state index >= 15 is 0 Å². The van der Waals surface area contributed by atoms with E-state index in [1.54, 1.807) is 11.8 Å². The average Bonchev–Trinajstić information content (AvgIpc) is 3.89. The van der Waals surface area contributed by atoms with Crippen molar-refractivity contribution in [1.29, 1.82) is 0 Å². The highest BCUT2D eigenvalue weighted by Gasteiger charge is 2.35. The Kier molecular flexibility index (Phi) is 12.5. The SMILES string of the molecule is O=C(CN1CCOC1=O)Nc1nnc(CCSCCc2nnc(NC(=O)CN3C(=O)OCC3c3ccccc3)s2)s1.c1ccccc1. The molecule has 2 aliphatic rings. The van der Waals surface area contributed by atoms with Crippen LogP contribution in [0.5, 0.6) is 0 Å². The van der Waals surface area contributed by atoms with Gasteiger partial charge in [0.2, 0.25) is 22.1 Å². The molecular weight excluding hydrogens is 665 g/mol. The lowest BCUT2D eigenvalue weighted by Gasteiger charge is -2.20. The summed E-state index contributed by atoms with van der Waals surface area (Å²) in [5.41, 5.74) is 0.905. The zero-order chi connectivity index (χ0) is 32.8. The molecule has 2 aromatic heterocycles. The van der Waals surface area contributed by atoms with Crippen LogP contribution in [-0.4, -0.2) is 98.5 Å². The van der Waals surface area contributed by atoms with Crippen molar-refractivity contribution in [1.82, 2.24) is 30.2 Å². The second kappa shape index (κ2) is 17.3. The van der Waals surface area contributed by atoms with E-state index in [-0.39, 0.29) is 44.2 Å². The number of carbonyl (C=O) groups excluding carboxylic acids is 4. The summed E-state index contributed by atoms with van der Waals surface area (Å²) >= 11 is 4.31. The molecule has 2 N–H and O–H groups in total. The Labute approximate surface area is 282 Å². The molecule has 0 radical (unpaired) electrons. The molecular formula is C30H32N8O6S3. The molecule has 2 saturated heterocycles. The molecule has 0 bridgehead atoms. The second-order valence-electron chi connectivity index (χ2n) is 10.0. The minimum Gasteiger partial charge on any atom is -0.448 e. The molecule has 0 aliphatic carbocycles. The first-order chi connectivity index (χ1) is 22.9. The van der Waals surface area contributed by atoms with Gasteiger partial charge in [0, 0.05) is 12.8 Å². The smallest absolute Gasteiger partial charge is 0.410 e. The summed E-state index contributed by atoms with van der Waals surface area (Å²) in [4.78, 5) is 51.1. The van der Waals surface area contributed by atoms with Crippen LogP contribution in [0.4, 0.5) is 19.9 Å². The van der Waals surface area contributed by atoms with Crippen molar-refractivity contribution < 1.29 is 28.7 Å². The maximum atomic E-state index is 12.6. The van der Waals surface area contributed by atoms with Gasteiger partial charge in [-0.05, 0) is 17.1 Å². The van der Waals surface area contributed by atoms with Crippen molar-refractivity contribution in [2.75, 3.05) is 55.0 Å². The van der Waals surface area contributed by atoms with Gasteiger partial charge in [-0.15, -0.1) is 20.4 Å². The van der Waals surface area contributed by atoms with Crippen LogP contribution in [0, 0.1) is 0 Å². The Morgan fingerprint density at radius 1 is 0.766 bits per heavy atom. The van der Waals surface area contributed by atoms with Crippen molar-refractivity contribution in [3.8, 4) is 0 Å². The lowest BCUT2D eigenvalue weighted by Crippen LogP contribution is -2.35. The Morgan fingerprint density at radius 2 is 1.32 bits per heavy atom. The van der Waals surface area contributed by atoms with E-state index in [1.807, 2.05) is 66.7 Å². The van der Waals surface area contributed by atoms with Crippen molar-refractivity contribution >= 4 is 68.7 Å². The molecule has 2 aliphatic heterocycles. The van der Waals surface area contributed by atoms with Gasteiger partial charge in [0.25, 0.3) is 0 Å². The van der Waals surface area contributed by atoms with Crippen LogP contribution in [-0.2, 0) is 31.9 Å². The second-order valence-corrected chi connectivity index (χ2v) is 13.4. The molecule has 14 nitrogen and oxygen atoms in total. The van der Waals surface area contributed by atoms with E-state index < -0.39 is 12.2 Å². The number of ether oxygens (including phenoxy) is 2. The standard InChI is InChI=1S/C24H26N8O6S3.C6H6/c33-17(12-31-8-9-37-23(31)35)25-21-29-27-19(40-21)6-10-39-11-7-20-28-30-22(41-20)26-18(34)13-32-16(14-38-24(32)36)15-4-2-1-3-5-15;1-2-4-6-5-3-1/h1-5,16H,6-14H2,(H,25,29,33)(H,26,30,34);1-6H. The Morgan fingerprint density at radius 3 is 1.87 bits per heavy atom. The normalized spacial score (nSPS) is 15.4. The van der Waals surface area contributed by atoms with Gasteiger partial charge in [-0.3, -0.25) is 30.0 Å². The van der Waals surface area contributed by atoms with Crippen LogP contribution in [0.25, 0.3) is 0 Å². The number of nitrogens with zero attached hydrogens (tertiary/aromatic N) is 6. The van der Waals surface area contributed by atoms with Gasteiger partial charge in [0.15, 0.2) is 0 Å². The number of aryl methyl sites for hydroxylation is 2. The highest BCUT2D eigenvalue weighted by atomic mass is 32.2. The molecule has 4 amide bonds. The van der Waals surface area contributed by atoms with Gasteiger partial charge >= 0.3 is 12.2 Å². The van der Waals surface area contributed by atoms with Crippen molar-refractivity contribution in [3.05, 3.63) is 82.3 Å². The third-order valence-corrected chi connectivity index (χ3v) is 9.45. The van der Waals surface area contributed by atoms with Gasteiger partial charge in [0.05, 0.1) is 12.6 Å². The molecule has 1 unspecified atom stereocenters. The first-order valence-electron chi connectivity index (χ1n) is 14.7. The molecule has 2 aromatic carbocycles. The Balaban J connectivity index is 0.000000650.